The lowest BCUT2D eigenvalue weighted by molar-refractivity contribution is 0.0937. The average molecular weight is 318 g/mol. The molecule has 0 amide bonds. The van der Waals surface area contributed by atoms with Gasteiger partial charge in [-0.25, -0.2) is 0 Å². The Labute approximate surface area is 139 Å². The molecule has 2 aromatic carbocycles. The zero-order chi connectivity index (χ0) is 16.7. The van der Waals surface area contributed by atoms with Crippen LogP contribution < -0.4 is 5.73 Å². The van der Waals surface area contributed by atoms with Crippen molar-refractivity contribution in [1.82, 2.24) is 4.57 Å². The lowest BCUT2D eigenvalue weighted by atomic mass is 10.1. The molecular formula is C20H18N2O2. The quantitative estimate of drug-likeness (QED) is 0.623. The summed E-state index contributed by atoms with van der Waals surface area (Å²) in [4.78, 5) is 13.1. The van der Waals surface area contributed by atoms with Gasteiger partial charge in [-0.2, -0.15) is 0 Å². The first-order valence-corrected chi connectivity index (χ1v) is 8.03. The number of hydrogen-bond donors (Lipinski definition) is 1. The first-order valence-electron chi connectivity index (χ1n) is 8.03. The van der Waals surface area contributed by atoms with Crippen molar-refractivity contribution in [3.63, 3.8) is 0 Å². The molecule has 0 spiro atoms. The van der Waals surface area contributed by atoms with Crippen molar-refractivity contribution in [2.45, 2.75) is 13.3 Å². The van der Waals surface area contributed by atoms with Gasteiger partial charge in [0.1, 0.15) is 5.58 Å². The molecule has 0 aliphatic carbocycles. The highest BCUT2D eigenvalue weighted by Crippen LogP contribution is 2.28. The molecule has 0 bridgehead atoms. The molecule has 2 heterocycles. The molecule has 0 radical (unpaired) electrons. The summed E-state index contributed by atoms with van der Waals surface area (Å²) in [5.41, 5.74) is 9.41. The van der Waals surface area contributed by atoms with Crippen LogP contribution in [0.2, 0.25) is 0 Å². The van der Waals surface area contributed by atoms with E-state index in [9.17, 15) is 4.79 Å². The second kappa shape index (κ2) is 5.65. The number of carbonyl (C=O) groups is 1. The summed E-state index contributed by atoms with van der Waals surface area (Å²) < 4.78 is 7.50. The Morgan fingerprint density at radius 2 is 1.88 bits per heavy atom. The van der Waals surface area contributed by atoms with Crippen molar-refractivity contribution in [1.29, 1.82) is 0 Å². The zero-order valence-electron chi connectivity index (χ0n) is 13.5. The molecule has 4 heteroatoms. The number of nitrogens with two attached hydrogens (primary N) is 1. The summed E-state index contributed by atoms with van der Waals surface area (Å²) in [5, 5.41) is 2.00. The van der Waals surface area contributed by atoms with E-state index in [0.29, 0.717) is 12.3 Å². The van der Waals surface area contributed by atoms with Crippen LogP contribution in [0.25, 0.3) is 21.9 Å². The summed E-state index contributed by atoms with van der Waals surface area (Å²) in [6, 6.07) is 17.4. The Bertz CT molecular complexity index is 1020. The third-order valence-corrected chi connectivity index (χ3v) is 4.48. The fourth-order valence-electron chi connectivity index (χ4n) is 3.35. The molecule has 120 valence electrons. The van der Waals surface area contributed by atoms with Crippen LogP contribution in [0.15, 0.2) is 59.0 Å². The van der Waals surface area contributed by atoms with E-state index in [0.717, 1.165) is 39.6 Å². The normalized spacial score (nSPS) is 11.4. The lowest BCUT2D eigenvalue weighted by Gasteiger charge is -2.05. The number of carbonyl (C=O) groups excluding carboxylic acids is 1. The first kappa shape index (κ1) is 14.7. The van der Waals surface area contributed by atoms with Crippen molar-refractivity contribution >= 4 is 27.8 Å². The molecule has 0 aliphatic heterocycles. The summed E-state index contributed by atoms with van der Waals surface area (Å²) in [5.74, 6) is 0.197. The third kappa shape index (κ3) is 2.15. The van der Waals surface area contributed by atoms with Crippen molar-refractivity contribution in [2.24, 2.45) is 5.73 Å². The van der Waals surface area contributed by atoms with Crippen molar-refractivity contribution in [2.75, 3.05) is 6.54 Å². The molecule has 0 fully saturated rings. The topological polar surface area (TPSA) is 61.2 Å². The van der Waals surface area contributed by atoms with Crippen LogP contribution >= 0.6 is 0 Å². The maximum Gasteiger partial charge on any atom is 0.298 e. The number of benzene rings is 2. The van der Waals surface area contributed by atoms with Gasteiger partial charge in [-0.3, -0.25) is 9.36 Å². The fourth-order valence-corrected chi connectivity index (χ4v) is 3.35. The largest absolute Gasteiger partial charge is 0.451 e. The van der Waals surface area contributed by atoms with E-state index in [1.165, 1.54) is 0 Å². The highest BCUT2D eigenvalue weighted by atomic mass is 16.3. The molecule has 24 heavy (non-hydrogen) atoms. The maximum atomic E-state index is 13.1. The standard InChI is InChI=1S/C20H18N2O2/c1-13-15(10-11-21)16-7-3-4-8-17(16)22(13)20(23)19-12-14-6-2-5-9-18(14)24-19/h2-9,12H,10-11,21H2,1H3. The van der Waals surface area contributed by atoms with Crippen LogP contribution in [0.5, 0.6) is 0 Å². The summed E-state index contributed by atoms with van der Waals surface area (Å²) in [7, 11) is 0. The Hall–Kier alpha value is -2.85. The van der Waals surface area contributed by atoms with Gasteiger partial charge >= 0.3 is 0 Å². The summed E-state index contributed by atoms with van der Waals surface area (Å²) in [6.45, 7) is 2.51. The van der Waals surface area contributed by atoms with Gasteiger partial charge in [0.15, 0.2) is 5.76 Å². The summed E-state index contributed by atoms with van der Waals surface area (Å²) >= 11 is 0. The molecule has 2 N–H and O–H groups in total. The van der Waals surface area contributed by atoms with Crippen molar-refractivity contribution < 1.29 is 9.21 Å². The first-order chi connectivity index (χ1) is 11.7. The molecule has 2 aromatic heterocycles. The molecule has 0 saturated heterocycles. The van der Waals surface area contributed by atoms with E-state index in [2.05, 4.69) is 0 Å². The Morgan fingerprint density at radius 3 is 2.67 bits per heavy atom. The van der Waals surface area contributed by atoms with Crippen LogP contribution in [-0.4, -0.2) is 17.0 Å². The molecule has 0 saturated carbocycles. The van der Waals surface area contributed by atoms with Gasteiger partial charge in [-0.1, -0.05) is 36.4 Å². The molecular weight excluding hydrogens is 300 g/mol. The zero-order valence-corrected chi connectivity index (χ0v) is 13.5. The second-order valence-electron chi connectivity index (χ2n) is 5.91. The van der Waals surface area contributed by atoms with Crippen molar-refractivity contribution in [3.05, 3.63) is 71.6 Å². The molecule has 4 nitrogen and oxygen atoms in total. The van der Waals surface area contributed by atoms with Gasteiger partial charge in [-0.05, 0) is 43.7 Å². The van der Waals surface area contributed by atoms with E-state index in [1.807, 2.05) is 55.5 Å². The number of furan rings is 1. The minimum Gasteiger partial charge on any atom is -0.451 e. The fraction of sp³-hybridized carbons (Fsp3) is 0.150. The minimum atomic E-state index is -0.150. The highest BCUT2D eigenvalue weighted by Gasteiger charge is 2.21. The Kier molecular flexibility index (Phi) is 3.47. The average Bonchev–Trinajstić information content (AvgIpc) is 3.15. The van der Waals surface area contributed by atoms with Crippen LogP contribution in [0.3, 0.4) is 0 Å². The van der Waals surface area contributed by atoms with Gasteiger partial charge in [0.05, 0.1) is 5.52 Å². The predicted octanol–water partition coefficient (Wildman–Crippen LogP) is 3.89. The van der Waals surface area contributed by atoms with E-state index >= 15 is 0 Å². The van der Waals surface area contributed by atoms with Gasteiger partial charge in [0.25, 0.3) is 5.91 Å². The number of aromatic nitrogens is 1. The summed E-state index contributed by atoms with van der Waals surface area (Å²) in [6.07, 6.45) is 0.743. The number of nitrogens with zero attached hydrogens (tertiary/aromatic N) is 1. The highest BCUT2D eigenvalue weighted by molar-refractivity contribution is 6.04. The molecule has 0 aliphatic rings. The maximum absolute atomic E-state index is 13.1. The van der Waals surface area contributed by atoms with Crippen LogP contribution in [0, 0.1) is 6.92 Å². The SMILES string of the molecule is Cc1c(CCN)c2ccccc2n1C(=O)c1cc2ccccc2o1. The number of rotatable bonds is 3. The van der Waals surface area contributed by atoms with Gasteiger partial charge in [0.2, 0.25) is 0 Å². The molecule has 0 unspecified atom stereocenters. The lowest BCUT2D eigenvalue weighted by Crippen LogP contribution is -2.13. The Balaban J connectivity index is 1.92. The molecule has 4 rings (SSSR count). The van der Waals surface area contributed by atoms with Crippen molar-refractivity contribution in [3.8, 4) is 0 Å². The minimum absolute atomic E-state index is 0.150. The van der Waals surface area contributed by atoms with Gasteiger partial charge < -0.3 is 10.2 Å². The predicted molar refractivity (Wildman–Crippen MR) is 95.4 cm³/mol. The smallest absolute Gasteiger partial charge is 0.298 e. The van der Waals surface area contributed by atoms with E-state index in [-0.39, 0.29) is 5.91 Å². The molecule has 0 atom stereocenters. The monoisotopic (exact) mass is 318 g/mol. The molecule has 4 aromatic rings. The van der Waals surface area contributed by atoms with E-state index in [4.69, 9.17) is 10.2 Å². The van der Waals surface area contributed by atoms with E-state index in [1.54, 1.807) is 10.6 Å². The van der Waals surface area contributed by atoms with E-state index < -0.39 is 0 Å². The number of fused-ring (bicyclic) bond motifs is 2. The van der Waals surface area contributed by atoms with Gasteiger partial charge in [-0.15, -0.1) is 0 Å². The second-order valence-corrected chi connectivity index (χ2v) is 5.91. The van der Waals surface area contributed by atoms with Gasteiger partial charge in [0, 0.05) is 16.5 Å². The Morgan fingerprint density at radius 1 is 1.12 bits per heavy atom. The van der Waals surface area contributed by atoms with Crippen LogP contribution in [0.4, 0.5) is 0 Å². The third-order valence-electron chi connectivity index (χ3n) is 4.48. The number of hydrogen-bond acceptors (Lipinski definition) is 3. The van der Waals surface area contributed by atoms with Crippen LogP contribution in [0.1, 0.15) is 21.8 Å². The number of para-hydroxylation sites is 2. The van der Waals surface area contributed by atoms with Crippen LogP contribution in [-0.2, 0) is 6.42 Å².